The first-order valence-corrected chi connectivity index (χ1v) is 5.98. The highest BCUT2D eigenvalue weighted by atomic mass is 35.5. The maximum Gasteiger partial charge on any atom is 0.207 e. The standard InChI is InChI=1S/C12H14ClFN2O/c13-11-2-1-10(7-12(11)14)16-5-3-9(4-6-16)15-8-17/h1-2,7-9H,3-6H2,(H,15,17). The zero-order valence-electron chi connectivity index (χ0n) is 9.33. The average molecular weight is 257 g/mol. The lowest BCUT2D eigenvalue weighted by molar-refractivity contribution is -0.110. The first-order valence-electron chi connectivity index (χ1n) is 5.60. The van der Waals surface area contributed by atoms with Crippen molar-refractivity contribution >= 4 is 23.7 Å². The number of hydrogen-bond acceptors (Lipinski definition) is 2. The van der Waals surface area contributed by atoms with Crippen LogP contribution in [-0.4, -0.2) is 25.5 Å². The van der Waals surface area contributed by atoms with Crippen molar-refractivity contribution in [2.24, 2.45) is 0 Å². The molecule has 0 aliphatic carbocycles. The van der Waals surface area contributed by atoms with E-state index in [0.717, 1.165) is 38.0 Å². The van der Waals surface area contributed by atoms with Gasteiger partial charge in [-0.1, -0.05) is 11.6 Å². The summed E-state index contributed by atoms with van der Waals surface area (Å²) in [4.78, 5) is 12.4. The van der Waals surface area contributed by atoms with E-state index in [1.807, 2.05) is 6.07 Å². The lowest BCUT2D eigenvalue weighted by Gasteiger charge is -2.33. The third-order valence-corrected chi connectivity index (χ3v) is 3.37. The van der Waals surface area contributed by atoms with E-state index in [0.29, 0.717) is 0 Å². The van der Waals surface area contributed by atoms with Gasteiger partial charge in [0.15, 0.2) is 0 Å². The van der Waals surface area contributed by atoms with Gasteiger partial charge in [-0.3, -0.25) is 4.79 Å². The maximum atomic E-state index is 13.3. The van der Waals surface area contributed by atoms with E-state index in [-0.39, 0.29) is 11.1 Å². The van der Waals surface area contributed by atoms with Crippen LogP contribution in [0.2, 0.25) is 5.02 Å². The quantitative estimate of drug-likeness (QED) is 0.841. The van der Waals surface area contributed by atoms with E-state index < -0.39 is 5.82 Å². The molecule has 2 rings (SSSR count). The zero-order valence-corrected chi connectivity index (χ0v) is 10.1. The molecule has 1 heterocycles. The summed E-state index contributed by atoms with van der Waals surface area (Å²) in [5.41, 5.74) is 0.844. The van der Waals surface area contributed by atoms with Crippen LogP contribution in [0.15, 0.2) is 18.2 Å². The van der Waals surface area contributed by atoms with Gasteiger partial charge in [0, 0.05) is 24.8 Å². The Balaban J connectivity index is 2.00. The average Bonchev–Trinajstić information content (AvgIpc) is 2.34. The number of halogens is 2. The van der Waals surface area contributed by atoms with Gasteiger partial charge in [-0.15, -0.1) is 0 Å². The van der Waals surface area contributed by atoms with Gasteiger partial charge in [0.2, 0.25) is 6.41 Å². The Morgan fingerprint density at radius 3 is 2.71 bits per heavy atom. The summed E-state index contributed by atoms with van der Waals surface area (Å²) < 4.78 is 13.3. The number of nitrogens with zero attached hydrogens (tertiary/aromatic N) is 1. The smallest absolute Gasteiger partial charge is 0.207 e. The Labute approximate surface area is 105 Å². The normalized spacial score (nSPS) is 16.9. The third-order valence-electron chi connectivity index (χ3n) is 3.07. The van der Waals surface area contributed by atoms with Crippen molar-refractivity contribution in [1.82, 2.24) is 5.32 Å². The molecule has 0 radical (unpaired) electrons. The summed E-state index contributed by atoms with van der Waals surface area (Å²) in [6.45, 7) is 1.62. The predicted octanol–water partition coefficient (Wildman–Crippen LogP) is 2.19. The summed E-state index contributed by atoms with van der Waals surface area (Å²) in [5, 5.41) is 2.92. The molecule has 0 spiro atoms. The predicted molar refractivity (Wildman–Crippen MR) is 65.8 cm³/mol. The molecule has 1 amide bonds. The molecule has 0 saturated carbocycles. The molecule has 1 N–H and O–H groups in total. The number of nitrogens with one attached hydrogen (secondary N) is 1. The number of hydrogen-bond donors (Lipinski definition) is 1. The van der Waals surface area contributed by atoms with Gasteiger partial charge in [-0.2, -0.15) is 0 Å². The van der Waals surface area contributed by atoms with Crippen molar-refractivity contribution in [1.29, 1.82) is 0 Å². The maximum absolute atomic E-state index is 13.3. The van der Waals surface area contributed by atoms with Gasteiger partial charge in [-0.25, -0.2) is 4.39 Å². The van der Waals surface area contributed by atoms with Gasteiger partial charge >= 0.3 is 0 Å². The number of carbonyl (C=O) groups is 1. The molecule has 1 saturated heterocycles. The Hall–Kier alpha value is -1.29. The van der Waals surface area contributed by atoms with Gasteiger partial charge in [-0.05, 0) is 31.0 Å². The van der Waals surface area contributed by atoms with Gasteiger partial charge < -0.3 is 10.2 Å². The fourth-order valence-electron chi connectivity index (χ4n) is 2.08. The molecular weight excluding hydrogens is 243 g/mol. The molecule has 92 valence electrons. The van der Waals surface area contributed by atoms with E-state index >= 15 is 0 Å². The van der Waals surface area contributed by atoms with E-state index in [1.165, 1.54) is 6.07 Å². The molecule has 1 fully saturated rings. The summed E-state index contributed by atoms with van der Waals surface area (Å²) in [7, 11) is 0. The Morgan fingerprint density at radius 2 is 2.12 bits per heavy atom. The highest BCUT2D eigenvalue weighted by Gasteiger charge is 2.19. The first kappa shape index (κ1) is 12.2. The minimum absolute atomic E-state index is 0.145. The van der Waals surface area contributed by atoms with Crippen LogP contribution in [0.3, 0.4) is 0 Å². The molecule has 5 heteroatoms. The fourth-order valence-corrected chi connectivity index (χ4v) is 2.20. The lowest BCUT2D eigenvalue weighted by atomic mass is 10.0. The zero-order chi connectivity index (χ0) is 12.3. The van der Waals surface area contributed by atoms with Gasteiger partial charge in [0.1, 0.15) is 5.82 Å². The van der Waals surface area contributed by atoms with Crippen LogP contribution in [0, 0.1) is 5.82 Å². The first-order chi connectivity index (χ1) is 8.20. The van der Waals surface area contributed by atoms with Gasteiger partial charge in [0.05, 0.1) is 5.02 Å². The molecule has 0 aromatic heterocycles. The van der Waals surface area contributed by atoms with Crippen LogP contribution < -0.4 is 10.2 Å². The minimum atomic E-state index is -0.391. The molecule has 1 aliphatic heterocycles. The van der Waals surface area contributed by atoms with Crippen LogP contribution in [0.25, 0.3) is 0 Å². The fraction of sp³-hybridized carbons (Fsp3) is 0.417. The number of benzene rings is 1. The number of rotatable bonds is 3. The van der Waals surface area contributed by atoms with Crippen LogP contribution >= 0.6 is 11.6 Å². The van der Waals surface area contributed by atoms with Crippen LogP contribution in [0.4, 0.5) is 10.1 Å². The molecular formula is C12H14ClFN2O. The molecule has 1 aliphatic rings. The van der Waals surface area contributed by atoms with Crippen molar-refractivity contribution in [3.63, 3.8) is 0 Å². The van der Waals surface area contributed by atoms with Crippen molar-refractivity contribution < 1.29 is 9.18 Å². The summed E-state index contributed by atoms with van der Waals surface area (Å²) in [6, 6.07) is 5.08. The highest BCUT2D eigenvalue weighted by molar-refractivity contribution is 6.30. The molecule has 1 aromatic carbocycles. The largest absolute Gasteiger partial charge is 0.371 e. The number of amides is 1. The van der Waals surface area contributed by atoms with Crippen molar-refractivity contribution in [2.75, 3.05) is 18.0 Å². The van der Waals surface area contributed by atoms with E-state index in [4.69, 9.17) is 11.6 Å². The Kier molecular flexibility index (Phi) is 3.84. The monoisotopic (exact) mass is 256 g/mol. The number of carbonyl (C=O) groups excluding carboxylic acids is 1. The Morgan fingerprint density at radius 1 is 1.41 bits per heavy atom. The minimum Gasteiger partial charge on any atom is -0.371 e. The molecule has 1 aromatic rings. The molecule has 17 heavy (non-hydrogen) atoms. The lowest BCUT2D eigenvalue weighted by Crippen LogP contribution is -2.42. The van der Waals surface area contributed by atoms with Crippen molar-refractivity contribution in [3.8, 4) is 0 Å². The summed E-state index contributed by atoms with van der Waals surface area (Å²) in [6.07, 6.45) is 2.49. The third kappa shape index (κ3) is 2.88. The molecule has 0 atom stereocenters. The van der Waals surface area contributed by atoms with E-state index in [9.17, 15) is 9.18 Å². The highest BCUT2D eigenvalue weighted by Crippen LogP contribution is 2.24. The second-order valence-corrected chi connectivity index (χ2v) is 4.55. The van der Waals surface area contributed by atoms with Gasteiger partial charge in [0.25, 0.3) is 0 Å². The second kappa shape index (κ2) is 5.36. The van der Waals surface area contributed by atoms with Crippen molar-refractivity contribution in [2.45, 2.75) is 18.9 Å². The molecule has 0 unspecified atom stereocenters. The molecule has 3 nitrogen and oxygen atoms in total. The SMILES string of the molecule is O=CNC1CCN(c2ccc(Cl)c(F)c2)CC1. The van der Waals surface area contributed by atoms with Crippen LogP contribution in [0.5, 0.6) is 0 Å². The second-order valence-electron chi connectivity index (χ2n) is 4.14. The number of piperidine rings is 1. The van der Waals surface area contributed by atoms with Crippen molar-refractivity contribution in [3.05, 3.63) is 29.0 Å². The Bertz CT molecular complexity index is 405. The summed E-state index contributed by atoms with van der Waals surface area (Å²) in [5.74, 6) is -0.391. The molecule has 0 bridgehead atoms. The van der Waals surface area contributed by atoms with Crippen LogP contribution in [0.1, 0.15) is 12.8 Å². The summed E-state index contributed by atoms with van der Waals surface area (Å²) >= 11 is 5.64. The number of anilines is 1. The van der Waals surface area contributed by atoms with Crippen LogP contribution in [-0.2, 0) is 4.79 Å². The van der Waals surface area contributed by atoms with E-state index in [1.54, 1.807) is 6.07 Å². The topological polar surface area (TPSA) is 32.3 Å². The van der Waals surface area contributed by atoms with E-state index in [2.05, 4.69) is 10.2 Å².